The predicted molar refractivity (Wildman–Crippen MR) is 61.6 cm³/mol. The zero-order valence-corrected chi connectivity index (χ0v) is 9.71. The molecule has 5 nitrogen and oxygen atoms in total. The van der Waals surface area contributed by atoms with Crippen molar-refractivity contribution in [1.82, 2.24) is 9.88 Å². The number of pyridine rings is 1. The minimum absolute atomic E-state index is 0.0429. The molecule has 1 amide bonds. The molecule has 2 atom stereocenters. The van der Waals surface area contributed by atoms with Crippen molar-refractivity contribution in [1.29, 1.82) is 0 Å². The van der Waals surface area contributed by atoms with Gasteiger partial charge in [0.25, 0.3) is 5.91 Å². The number of aliphatic hydroxyl groups is 1. The number of aromatic nitrogens is 1. The normalized spacial score (nSPS) is 24.0. The Morgan fingerprint density at radius 1 is 1.65 bits per heavy atom. The number of nitrogens with zero attached hydrogens (tertiary/aromatic N) is 2. The highest BCUT2D eigenvalue weighted by atomic mass is 16.3. The average Bonchev–Trinajstić information content (AvgIpc) is 2.70. The maximum absolute atomic E-state index is 12.2. The second kappa shape index (κ2) is 4.71. The lowest BCUT2D eigenvalue weighted by Crippen LogP contribution is -2.39. The summed E-state index contributed by atoms with van der Waals surface area (Å²) in [7, 11) is 0. The Morgan fingerprint density at radius 2 is 2.41 bits per heavy atom. The van der Waals surface area contributed by atoms with E-state index in [1.54, 1.807) is 4.90 Å². The SMILES string of the molecule is CC1CCN(C(=O)c2ccncc2O)C1CO. The van der Waals surface area contributed by atoms with Crippen LogP contribution in [0.1, 0.15) is 23.7 Å². The van der Waals surface area contributed by atoms with Gasteiger partial charge in [0.05, 0.1) is 24.4 Å². The second-order valence-corrected chi connectivity index (χ2v) is 4.41. The van der Waals surface area contributed by atoms with Crippen LogP contribution in [0.15, 0.2) is 18.5 Å². The molecule has 2 rings (SSSR count). The smallest absolute Gasteiger partial charge is 0.258 e. The molecule has 0 spiro atoms. The Labute approximate surface area is 99.7 Å². The molecule has 0 aromatic carbocycles. The molecule has 17 heavy (non-hydrogen) atoms. The van der Waals surface area contributed by atoms with Gasteiger partial charge >= 0.3 is 0 Å². The minimum atomic E-state index is -0.242. The third-order valence-electron chi connectivity index (χ3n) is 3.36. The fraction of sp³-hybridized carbons (Fsp3) is 0.500. The van der Waals surface area contributed by atoms with Crippen molar-refractivity contribution < 1.29 is 15.0 Å². The van der Waals surface area contributed by atoms with E-state index < -0.39 is 0 Å². The Hall–Kier alpha value is -1.62. The molecule has 92 valence electrons. The Balaban J connectivity index is 2.24. The van der Waals surface area contributed by atoms with E-state index in [-0.39, 0.29) is 35.8 Å². The number of amides is 1. The van der Waals surface area contributed by atoms with E-state index in [9.17, 15) is 15.0 Å². The second-order valence-electron chi connectivity index (χ2n) is 4.41. The number of likely N-dealkylation sites (tertiary alicyclic amines) is 1. The molecule has 0 bridgehead atoms. The Morgan fingerprint density at radius 3 is 3.06 bits per heavy atom. The molecule has 5 heteroatoms. The van der Waals surface area contributed by atoms with Gasteiger partial charge in [0.1, 0.15) is 5.75 Å². The van der Waals surface area contributed by atoms with Crippen LogP contribution in [0.25, 0.3) is 0 Å². The van der Waals surface area contributed by atoms with Crippen LogP contribution in [0, 0.1) is 5.92 Å². The summed E-state index contributed by atoms with van der Waals surface area (Å²) in [4.78, 5) is 17.6. The molecule has 2 heterocycles. The number of carbonyl (C=O) groups is 1. The van der Waals surface area contributed by atoms with Crippen molar-refractivity contribution in [2.75, 3.05) is 13.2 Å². The highest BCUT2D eigenvalue weighted by molar-refractivity contribution is 5.97. The van der Waals surface area contributed by atoms with Gasteiger partial charge in [0.2, 0.25) is 0 Å². The van der Waals surface area contributed by atoms with Crippen LogP contribution in [0.2, 0.25) is 0 Å². The molecule has 1 aromatic rings. The summed E-state index contributed by atoms with van der Waals surface area (Å²) in [6, 6.07) is 1.34. The molecule has 0 aliphatic carbocycles. The molecule has 0 radical (unpaired) electrons. The van der Waals surface area contributed by atoms with Gasteiger partial charge in [-0.3, -0.25) is 9.78 Å². The summed E-state index contributed by atoms with van der Waals surface area (Å²) in [6.45, 7) is 2.59. The lowest BCUT2D eigenvalue weighted by Gasteiger charge is -2.25. The van der Waals surface area contributed by atoms with Gasteiger partial charge in [-0.05, 0) is 18.4 Å². The van der Waals surface area contributed by atoms with Crippen molar-refractivity contribution in [2.24, 2.45) is 5.92 Å². The number of rotatable bonds is 2. The quantitative estimate of drug-likeness (QED) is 0.790. The molecule has 1 aliphatic rings. The standard InChI is InChI=1S/C12H16N2O3/c1-8-3-5-14(10(8)7-15)12(17)9-2-4-13-6-11(9)16/h2,4,6,8,10,15-16H,3,5,7H2,1H3. The number of hydrogen-bond acceptors (Lipinski definition) is 4. The van der Waals surface area contributed by atoms with Gasteiger partial charge in [0.15, 0.2) is 0 Å². The van der Waals surface area contributed by atoms with Crippen LogP contribution in [0.3, 0.4) is 0 Å². The molecular formula is C12H16N2O3. The summed E-state index contributed by atoms with van der Waals surface area (Å²) in [5.41, 5.74) is 0.243. The number of carbonyl (C=O) groups excluding carboxylic acids is 1. The molecule has 1 saturated heterocycles. The fourth-order valence-electron chi connectivity index (χ4n) is 2.26. The van der Waals surface area contributed by atoms with E-state index in [4.69, 9.17) is 0 Å². The van der Waals surface area contributed by atoms with E-state index in [0.717, 1.165) is 6.42 Å². The van der Waals surface area contributed by atoms with Gasteiger partial charge in [-0.25, -0.2) is 0 Å². The van der Waals surface area contributed by atoms with E-state index >= 15 is 0 Å². The first-order valence-electron chi connectivity index (χ1n) is 5.70. The number of aliphatic hydroxyl groups excluding tert-OH is 1. The van der Waals surface area contributed by atoms with Gasteiger partial charge < -0.3 is 15.1 Å². The summed E-state index contributed by atoms with van der Waals surface area (Å²) >= 11 is 0. The highest BCUT2D eigenvalue weighted by Gasteiger charge is 2.34. The first-order valence-corrected chi connectivity index (χ1v) is 5.70. The van der Waals surface area contributed by atoms with Crippen LogP contribution >= 0.6 is 0 Å². The van der Waals surface area contributed by atoms with E-state index in [2.05, 4.69) is 4.98 Å². The van der Waals surface area contributed by atoms with Gasteiger partial charge in [-0.1, -0.05) is 6.92 Å². The lowest BCUT2D eigenvalue weighted by atomic mass is 10.0. The predicted octanol–water partition coefficient (Wildman–Crippen LogP) is 0.630. The summed E-state index contributed by atoms with van der Waals surface area (Å²) in [5.74, 6) is -0.0741. The van der Waals surface area contributed by atoms with Crippen LogP contribution in [-0.2, 0) is 0 Å². The monoisotopic (exact) mass is 236 g/mol. The highest BCUT2D eigenvalue weighted by Crippen LogP contribution is 2.27. The van der Waals surface area contributed by atoms with Crippen molar-refractivity contribution >= 4 is 5.91 Å². The van der Waals surface area contributed by atoms with E-state index in [0.29, 0.717) is 6.54 Å². The summed E-state index contributed by atoms with van der Waals surface area (Å²) in [6.07, 6.45) is 3.60. The first-order chi connectivity index (χ1) is 8.15. The molecule has 1 fully saturated rings. The molecule has 1 aromatic heterocycles. The maximum atomic E-state index is 12.2. The zero-order valence-electron chi connectivity index (χ0n) is 9.71. The number of aromatic hydroxyl groups is 1. The minimum Gasteiger partial charge on any atom is -0.505 e. The summed E-state index contributed by atoms with van der Waals surface area (Å²) in [5, 5.41) is 18.9. The molecule has 2 N–H and O–H groups in total. The third-order valence-corrected chi connectivity index (χ3v) is 3.36. The largest absolute Gasteiger partial charge is 0.505 e. The van der Waals surface area contributed by atoms with E-state index in [1.807, 2.05) is 6.92 Å². The summed E-state index contributed by atoms with van der Waals surface area (Å²) < 4.78 is 0. The zero-order chi connectivity index (χ0) is 12.4. The fourth-order valence-corrected chi connectivity index (χ4v) is 2.26. The van der Waals surface area contributed by atoms with Crippen molar-refractivity contribution in [3.05, 3.63) is 24.0 Å². The van der Waals surface area contributed by atoms with Crippen molar-refractivity contribution in [2.45, 2.75) is 19.4 Å². The van der Waals surface area contributed by atoms with Crippen LogP contribution < -0.4 is 0 Å². The van der Waals surface area contributed by atoms with Gasteiger partial charge in [-0.15, -0.1) is 0 Å². The number of hydrogen-bond donors (Lipinski definition) is 2. The van der Waals surface area contributed by atoms with Crippen molar-refractivity contribution in [3.63, 3.8) is 0 Å². The Bertz CT molecular complexity index is 422. The van der Waals surface area contributed by atoms with Crippen molar-refractivity contribution in [3.8, 4) is 5.75 Å². The topological polar surface area (TPSA) is 73.7 Å². The average molecular weight is 236 g/mol. The Kier molecular flexibility index (Phi) is 3.28. The molecule has 1 aliphatic heterocycles. The van der Waals surface area contributed by atoms with Crippen LogP contribution in [0.5, 0.6) is 5.75 Å². The molecular weight excluding hydrogens is 220 g/mol. The lowest BCUT2D eigenvalue weighted by molar-refractivity contribution is 0.0645. The molecule has 2 unspecified atom stereocenters. The van der Waals surface area contributed by atoms with Crippen LogP contribution in [0.4, 0.5) is 0 Å². The first kappa shape index (κ1) is 11.9. The van der Waals surface area contributed by atoms with Gasteiger partial charge in [0, 0.05) is 12.7 Å². The van der Waals surface area contributed by atoms with Crippen LogP contribution in [-0.4, -0.2) is 45.2 Å². The van der Waals surface area contributed by atoms with E-state index in [1.165, 1.54) is 18.5 Å². The maximum Gasteiger partial charge on any atom is 0.258 e. The van der Waals surface area contributed by atoms with Gasteiger partial charge in [-0.2, -0.15) is 0 Å². The molecule has 0 saturated carbocycles. The third kappa shape index (κ3) is 2.10.